The van der Waals surface area contributed by atoms with E-state index in [-0.39, 0.29) is 6.61 Å². The average Bonchev–Trinajstić information content (AvgIpc) is 2.93. The normalized spacial score (nSPS) is 18.7. The summed E-state index contributed by atoms with van der Waals surface area (Å²) in [6, 6.07) is 0. The van der Waals surface area contributed by atoms with Crippen LogP contribution in [0.25, 0.3) is 0 Å². The maximum atomic E-state index is 8.97. The van der Waals surface area contributed by atoms with Crippen LogP contribution >= 0.6 is 0 Å². The van der Waals surface area contributed by atoms with Crippen LogP contribution in [0.1, 0.15) is 18.4 Å². The largest absolute Gasteiger partial charge is 0.396 e. The fourth-order valence-electron chi connectivity index (χ4n) is 2.44. The SMILES string of the molecule is COCCNCc1cnc(N2CCC(CCO)C2)nc1. The van der Waals surface area contributed by atoms with Crippen LogP contribution < -0.4 is 10.2 Å². The van der Waals surface area contributed by atoms with Crippen LogP contribution in [0, 0.1) is 5.92 Å². The summed E-state index contributed by atoms with van der Waals surface area (Å²) in [5, 5.41) is 12.2. The minimum Gasteiger partial charge on any atom is -0.396 e. The zero-order chi connectivity index (χ0) is 14.2. The van der Waals surface area contributed by atoms with Gasteiger partial charge in [-0.3, -0.25) is 0 Å². The highest BCUT2D eigenvalue weighted by Crippen LogP contribution is 2.22. The van der Waals surface area contributed by atoms with Crippen molar-refractivity contribution in [2.45, 2.75) is 19.4 Å². The molecule has 1 aliphatic rings. The first kappa shape index (κ1) is 15.2. The molecule has 1 atom stereocenters. The van der Waals surface area contributed by atoms with Crippen molar-refractivity contribution in [2.75, 3.05) is 44.9 Å². The lowest BCUT2D eigenvalue weighted by Crippen LogP contribution is -2.23. The molecule has 0 radical (unpaired) electrons. The van der Waals surface area contributed by atoms with Crippen LogP contribution in [-0.4, -0.2) is 55.0 Å². The maximum absolute atomic E-state index is 8.97. The summed E-state index contributed by atoms with van der Waals surface area (Å²) in [7, 11) is 1.69. The Morgan fingerprint density at radius 2 is 2.25 bits per heavy atom. The molecule has 0 spiro atoms. The van der Waals surface area contributed by atoms with Gasteiger partial charge in [-0.1, -0.05) is 0 Å². The standard InChI is InChI=1S/C14H24N4O2/c1-20-7-4-15-8-13-9-16-14(17-10-13)18-5-2-12(11-18)3-6-19/h9-10,12,15,19H,2-8,11H2,1H3. The Balaban J connectivity index is 1.79. The molecule has 2 heterocycles. The number of aromatic nitrogens is 2. The van der Waals surface area contributed by atoms with E-state index in [1.807, 2.05) is 12.4 Å². The molecule has 6 heteroatoms. The van der Waals surface area contributed by atoms with E-state index in [0.29, 0.717) is 12.5 Å². The van der Waals surface area contributed by atoms with E-state index < -0.39 is 0 Å². The van der Waals surface area contributed by atoms with Crippen molar-refractivity contribution in [1.82, 2.24) is 15.3 Å². The number of rotatable bonds is 8. The molecule has 0 aromatic carbocycles. The van der Waals surface area contributed by atoms with Crippen molar-refractivity contribution in [3.05, 3.63) is 18.0 Å². The van der Waals surface area contributed by atoms with Gasteiger partial charge in [-0.2, -0.15) is 0 Å². The first-order valence-corrected chi connectivity index (χ1v) is 7.20. The van der Waals surface area contributed by atoms with Gasteiger partial charge in [-0.25, -0.2) is 9.97 Å². The first-order chi connectivity index (χ1) is 9.83. The Morgan fingerprint density at radius 3 is 2.95 bits per heavy atom. The molecule has 20 heavy (non-hydrogen) atoms. The summed E-state index contributed by atoms with van der Waals surface area (Å²) < 4.78 is 4.98. The van der Waals surface area contributed by atoms with Gasteiger partial charge in [0.2, 0.25) is 5.95 Å². The third-order valence-electron chi connectivity index (χ3n) is 3.61. The minimum atomic E-state index is 0.269. The van der Waals surface area contributed by atoms with Gasteiger partial charge in [-0.05, 0) is 18.8 Å². The lowest BCUT2D eigenvalue weighted by molar-refractivity contribution is 0.199. The minimum absolute atomic E-state index is 0.269. The number of aliphatic hydroxyl groups is 1. The van der Waals surface area contributed by atoms with E-state index in [2.05, 4.69) is 20.2 Å². The van der Waals surface area contributed by atoms with Gasteiger partial charge >= 0.3 is 0 Å². The summed E-state index contributed by atoms with van der Waals surface area (Å²) in [6.45, 7) is 4.50. The molecular weight excluding hydrogens is 256 g/mol. The summed E-state index contributed by atoms with van der Waals surface area (Å²) in [6.07, 6.45) is 5.74. The van der Waals surface area contributed by atoms with Gasteiger partial charge in [0.15, 0.2) is 0 Å². The molecule has 1 aromatic rings. The second-order valence-corrected chi connectivity index (χ2v) is 5.17. The van der Waals surface area contributed by atoms with Gasteiger partial charge in [0.1, 0.15) is 0 Å². The molecular formula is C14H24N4O2. The number of nitrogens with one attached hydrogen (secondary N) is 1. The van der Waals surface area contributed by atoms with E-state index >= 15 is 0 Å². The first-order valence-electron chi connectivity index (χ1n) is 7.20. The average molecular weight is 280 g/mol. The second-order valence-electron chi connectivity index (χ2n) is 5.17. The molecule has 0 bridgehead atoms. The molecule has 2 rings (SSSR count). The predicted molar refractivity (Wildman–Crippen MR) is 77.6 cm³/mol. The third kappa shape index (κ3) is 4.40. The number of nitrogens with zero attached hydrogens (tertiary/aromatic N) is 3. The zero-order valence-corrected chi connectivity index (χ0v) is 12.1. The van der Waals surface area contributed by atoms with Gasteiger partial charge < -0.3 is 20.1 Å². The molecule has 1 unspecified atom stereocenters. The molecule has 0 amide bonds. The highest BCUT2D eigenvalue weighted by molar-refractivity contribution is 5.31. The smallest absolute Gasteiger partial charge is 0.225 e. The quantitative estimate of drug-likeness (QED) is 0.673. The number of hydrogen-bond acceptors (Lipinski definition) is 6. The van der Waals surface area contributed by atoms with Crippen molar-refractivity contribution in [3.63, 3.8) is 0 Å². The molecule has 6 nitrogen and oxygen atoms in total. The number of methoxy groups -OCH3 is 1. The van der Waals surface area contributed by atoms with E-state index in [4.69, 9.17) is 9.84 Å². The van der Waals surface area contributed by atoms with Gasteiger partial charge in [-0.15, -0.1) is 0 Å². The summed E-state index contributed by atoms with van der Waals surface area (Å²) >= 11 is 0. The Bertz CT molecular complexity index is 385. The van der Waals surface area contributed by atoms with Crippen LogP contribution in [0.4, 0.5) is 5.95 Å². The summed E-state index contributed by atoms with van der Waals surface area (Å²) in [5.74, 6) is 1.37. The molecule has 1 saturated heterocycles. The molecule has 2 N–H and O–H groups in total. The molecule has 1 aromatic heterocycles. The van der Waals surface area contributed by atoms with E-state index in [0.717, 1.165) is 50.5 Å². The van der Waals surface area contributed by atoms with E-state index in [1.165, 1.54) is 0 Å². The topological polar surface area (TPSA) is 70.5 Å². The van der Waals surface area contributed by atoms with Gasteiger partial charge in [0.25, 0.3) is 0 Å². The Morgan fingerprint density at radius 1 is 1.45 bits per heavy atom. The number of ether oxygens (including phenoxy) is 1. The lowest BCUT2D eigenvalue weighted by atomic mass is 10.1. The van der Waals surface area contributed by atoms with Crippen LogP contribution in [0.15, 0.2) is 12.4 Å². The van der Waals surface area contributed by atoms with Crippen LogP contribution in [0.2, 0.25) is 0 Å². The van der Waals surface area contributed by atoms with Crippen LogP contribution in [0.3, 0.4) is 0 Å². The van der Waals surface area contributed by atoms with Crippen molar-refractivity contribution in [1.29, 1.82) is 0 Å². The van der Waals surface area contributed by atoms with E-state index in [9.17, 15) is 0 Å². The molecule has 0 saturated carbocycles. The van der Waals surface area contributed by atoms with Gasteiger partial charge in [0, 0.05) is 57.9 Å². The maximum Gasteiger partial charge on any atom is 0.225 e. The Hall–Kier alpha value is -1.24. The van der Waals surface area contributed by atoms with Crippen LogP contribution in [0.5, 0.6) is 0 Å². The fraction of sp³-hybridized carbons (Fsp3) is 0.714. The van der Waals surface area contributed by atoms with Gasteiger partial charge in [0.05, 0.1) is 6.61 Å². The fourth-order valence-corrected chi connectivity index (χ4v) is 2.44. The van der Waals surface area contributed by atoms with Crippen molar-refractivity contribution < 1.29 is 9.84 Å². The highest BCUT2D eigenvalue weighted by atomic mass is 16.5. The summed E-state index contributed by atoms with van der Waals surface area (Å²) in [4.78, 5) is 11.1. The summed E-state index contributed by atoms with van der Waals surface area (Å²) in [5.41, 5.74) is 1.08. The van der Waals surface area contributed by atoms with Crippen LogP contribution in [-0.2, 0) is 11.3 Å². The second kappa shape index (κ2) is 8.14. The number of hydrogen-bond donors (Lipinski definition) is 2. The van der Waals surface area contributed by atoms with Crippen molar-refractivity contribution in [2.24, 2.45) is 5.92 Å². The highest BCUT2D eigenvalue weighted by Gasteiger charge is 2.23. The number of aliphatic hydroxyl groups excluding tert-OH is 1. The predicted octanol–water partition coefficient (Wildman–Crippen LogP) is 0.421. The molecule has 112 valence electrons. The van der Waals surface area contributed by atoms with Crippen molar-refractivity contribution in [3.8, 4) is 0 Å². The van der Waals surface area contributed by atoms with Crippen molar-refractivity contribution >= 4 is 5.95 Å². The monoisotopic (exact) mass is 280 g/mol. The number of anilines is 1. The Kier molecular flexibility index (Phi) is 6.17. The molecule has 1 fully saturated rings. The zero-order valence-electron chi connectivity index (χ0n) is 12.1. The third-order valence-corrected chi connectivity index (χ3v) is 3.61. The van der Waals surface area contributed by atoms with E-state index in [1.54, 1.807) is 7.11 Å². The Labute approximate surface area is 120 Å². The molecule has 0 aliphatic carbocycles. The molecule has 1 aliphatic heterocycles. The lowest BCUT2D eigenvalue weighted by Gasteiger charge is -2.16.